The van der Waals surface area contributed by atoms with Gasteiger partial charge in [0.2, 0.25) is 5.89 Å². The van der Waals surface area contributed by atoms with E-state index in [1.54, 1.807) is 0 Å². The van der Waals surface area contributed by atoms with E-state index in [9.17, 15) is 0 Å². The Morgan fingerprint density at radius 3 is 1.96 bits per heavy atom. The lowest BCUT2D eigenvalue weighted by atomic mass is 10.0. The van der Waals surface area contributed by atoms with Crippen molar-refractivity contribution in [2.45, 2.75) is 0 Å². The van der Waals surface area contributed by atoms with E-state index < -0.39 is 0 Å². The fourth-order valence-electron chi connectivity index (χ4n) is 6.85. The Morgan fingerprint density at radius 1 is 0.417 bits per heavy atom. The van der Waals surface area contributed by atoms with Gasteiger partial charge in [0.05, 0.1) is 11.1 Å². The maximum Gasteiger partial charge on any atom is 0.227 e. The Hall–Kier alpha value is -6.59. The lowest BCUT2D eigenvalue weighted by molar-refractivity contribution is 0.622. The summed E-state index contributed by atoms with van der Waals surface area (Å²) >= 11 is 0. The molecule has 5 nitrogen and oxygen atoms in total. The lowest BCUT2D eigenvalue weighted by Gasteiger charge is -2.25. The van der Waals surface area contributed by atoms with Crippen LogP contribution in [0.3, 0.4) is 0 Å². The highest BCUT2D eigenvalue weighted by atomic mass is 16.4. The second-order valence-corrected chi connectivity index (χ2v) is 12.0. The molecule has 226 valence electrons. The third-order valence-corrected chi connectivity index (χ3v) is 9.11. The third-order valence-electron chi connectivity index (χ3n) is 9.11. The highest BCUT2D eigenvalue weighted by Gasteiger charge is 2.20. The van der Waals surface area contributed by atoms with Gasteiger partial charge in [-0.1, -0.05) is 84.9 Å². The van der Waals surface area contributed by atoms with Crippen LogP contribution >= 0.6 is 0 Å². The molecule has 0 aliphatic carbocycles. The van der Waals surface area contributed by atoms with Gasteiger partial charge in [-0.3, -0.25) is 0 Å². The minimum Gasteiger partial charge on any atom is -0.456 e. The Balaban J connectivity index is 1.09. The summed E-state index contributed by atoms with van der Waals surface area (Å²) in [7, 11) is 0. The second-order valence-electron chi connectivity index (χ2n) is 12.0. The summed E-state index contributed by atoms with van der Waals surface area (Å²) in [6, 6.07) is 53.9. The van der Waals surface area contributed by atoms with Gasteiger partial charge in [0, 0.05) is 33.1 Å². The van der Waals surface area contributed by atoms with Crippen molar-refractivity contribution >= 4 is 72.0 Å². The van der Waals surface area contributed by atoms with Gasteiger partial charge in [0.25, 0.3) is 0 Å². The van der Waals surface area contributed by atoms with E-state index in [-0.39, 0.29) is 0 Å². The van der Waals surface area contributed by atoms with Crippen LogP contribution in [-0.2, 0) is 0 Å². The van der Waals surface area contributed by atoms with Gasteiger partial charge in [-0.2, -0.15) is 0 Å². The van der Waals surface area contributed by atoms with Crippen LogP contribution in [0.2, 0.25) is 0 Å². The molecule has 48 heavy (non-hydrogen) atoms. The topological polar surface area (TPSA) is 55.6 Å². The van der Waals surface area contributed by atoms with Crippen LogP contribution in [0.5, 0.6) is 0 Å². The Kier molecular flexibility index (Phi) is 5.81. The molecule has 3 aromatic heterocycles. The number of rotatable bonds is 5. The van der Waals surface area contributed by atoms with Gasteiger partial charge >= 0.3 is 0 Å². The average molecular weight is 619 g/mol. The van der Waals surface area contributed by atoms with E-state index in [0.717, 1.165) is 88.7 Å². The van der Waals surface area contributed by atoms with Crippen LogP contribution in [0.1, 0.15) is 0 Å². The van der Waals surface area contributed by atoms with Crippen molar-refractivity contribution in [1.82, 2.24) is 4.98 Å². The van der Waals surface area contributed by atoms with Crippen LogP contribution in [0, 0.1) is 0 Å². The minimum absolute atomic E-state index is 0.598. The van der Waals surface area contributed by atoms with Crippen LogP contribution < -0.4 is 4.90 Å². The van der Waals surface area contributed by atoms with Crippen molar-refractivity contribution in [3.8, 4) is 22.6 Å². The number of nitrogens with zero attached hydrogens (tertiary/aromatic N) is 2. The molecule has 3 heterocycles. The van der Waals surface area contributed by atoms with Gasteiger partial charge in [0.15, 0.2) is 11.2 Å². The number of hydrogen-bond acceptors (Lipinski definition) is 5. The smallest absolute Gasteiger partial charge is 0.227 e. The monoisotopic (exact) mass is 618 g/mol. The fraction of sp³-hybridized carbons (Fsp3) is 0. The first kappa shape index (κ1) is 26.6. The molecule has 0 aliphatic rings. The molecule has 0 bridgehead atoms. The first-order chi connectivity index (χ1) is 23.8. The zero-order chi connectivity index (χ0) is 31.6. The number of para-hydroxylation sites is 3. The molecular weight excluding hydrogens is 592 g/mol. The van der Waals surface area contributed by atoms with Crippen molar-refractivity contribution < 1.29 is 13.3 Å². The SMILES string of the molecule is c1ccc(-c2nc3ccc4oc5ccc(-c6ccc(N(c7ccccc7)c7cccc8c7oc7ccccc78)cc6)cc5c4c3o2)cc1. The highest BCUT2D eigenvalue weighted by molar-refractivity contribution is 6.17. The molecule has 0 fully saturated rings. The molecule has 7 aromatic carbocycles. The van der Waals surface area contributed by atoms with Crippen molar-refractivity contribution in [2.24, 2.45) is 0 Å². The molecule has 10 rings (SSSR count). The Morgan fingerprint density at radius 2 is 1.10 bits per heavy atom. The molecule has 0 atom stereocenters. The van der Waals surface area contributed by atoms with Gasteiger partial charge < -0.3 is 18.2 Å². The zero-order valence-corrected chi connectivity index (χ0v) is 25.6. The number of hydrogen-bond donors (Lipinski definition) is 0. The van der Waals surface area contributed by atoms with Crippen molar-refractivity contribution in [1.29, 1.82) is 0 Å². The molecule has 0 amide bonds. The van der Waals surface area contributed by atoms with E-state index in [1.807, 2.05) is 66.7 Å². The Labute approximate surface area is 274 Å². The summed E-state index contributed by atoms with van der Waals surface area (Å²) < 4.78 is 19.1. The summed E-state index contributed by atoms with van der Waals surface area (Å²) in [4.78, 5) is 7.04. The molecular formula is C43H26N2O3. The molecule has 5 heteroatoms. The number of fused-ring (bicyclic) bond motifs is 8. The standard InChI is InChI=1S/C43H26N2O3/c1-3-10-28(11-4-1)43-44-35-23-25-39-40(42(35)48-43)34-26-29(20-24-38(34)46-39)27-18-21-31(22-19-27)45(30-12-5-2-6-13-30)36-16-9-15-33-32-14-7-8-17-37(32)47-41(33)36/h1-26H. The maximum absolute atomic E-state index is 6.46. The quantitative estimate of drug-likeness (QED) is 0.192. The largest absolute Gasteiger partial charge is 0.456 e. The molecule has 0 saturated carbocycles. The molecule has 0 saturated heterocycles. The average Bonchev–Trinajstić information content (AvgIpc) is 3.86. The summed E-state index contributed by atoms with van der Waals surface area (Å²) in [5.74, 6) is 0.598. The van der Waals surface area contributed by atoms with Gasteiger partial charge in [-0.05, 0) is 83.9 Å². The number of aromatic nitrogens is 1. The number of oxazole rings is 1. The molecule has 10 aromatic rings. The predicted octanol–water partition coefficient (Wildman–Crippen LogP) is 12.4. The summed E-state index contributed by atoms with van der Waals surface area (Å²) in [5, 5.41) is 4.14. The first-order valence-electron chi connectivity index (χ1n) is 16.0. The highest BCUT2D eigenvalue weighted by Crippen LogP contribution is 2.43. The van der Waals surface area contributed by atoms with E-state index >= 15 is 0 Å². The second kappa shape index (κ2) is 10.5. The van der Waals surface area contributed by atoms with Crippen molar-refractivity contribution in [3.05, 3.63) is 158 Å². The van der Waals surface area contributed by atoms with Crippen molar-refractivity contribution in [2.75, 3.05) is 4.90 Å². The summed E-state index contributed by atoms with van der Waals surface area (Å²) in [5.41, 5.74) is 11.1. The van der Waals surface area contributed by atoms with E-state index in [0.29, 0.717) is 5.89 Å². The normalized spacial score (nSPS) is 11.8. The maximum atomic E-state index is 6.46. The number of benzene rings is 7. The first-order valence-corrected chi connectivity index (χ1v) is 16.0. The predicted molar refractivity (Wildman–Crippen MR) is 194 cm³/mol. The van der Waals surface area contributed by atoms with E-state index in [1.165, 1.54) is 0 Å². The van der Waals surface area contributed by atoms with Crippen LogP contribution in [0.15, 0.2) is 171 Å². The van der Waals surface area contributed by atoms with E-state index in [2.05, 4.69) is 95.9 Å². The van der Waals surface area contributed by atoms with Crippen molar-refractivity contribution in [3.63, 3.8) is 0 Å². The van der Waals surface area contributed by atoms with E-state index in [4.69, 9.17) is 18.2 Å². The lowest BCUT2D eigenvalue weighted by Crippen LogP contribution is -2.10. The zero-order valence-electron chi connectivity index (χ0n) is 25.6. The van der Waals surface area contributed by atoms with Gasteiger partial charge in [-0.15, -0.1) is 0 Å². The molecule has 0 aliphatic heterocycles. The third kappa shape index (κ3) is 4.15. The fourth-order valence-corrected chi connectivity index (χ4v) is 6.85. The van der Waals surface area contributed by atoms with Gasteiger partial charge in [0.1, 0.15) is 22.3 Å². The minimum atomic E-state index is 0.598. The molecule has 0 unspecified atom stereocenters. The summed E-state index contributed by atoms with van der Waals surface area (Å²) in [6.45, 7) is 0. The Bertz CT molecular complexity index is 2770. The summed E-state index contributed by atoms with van der Waals surface area (Å²) in [6.07, 6.45) is 0. The number of anilines is 3. The van der Waals surface area contributed by atoms with Crippen LogP contribution in [-0.4, -0.2) is 4.98 Å². The number of furan rings is 2. The van der Waals surface area contributed by atoms with Gasteiger partial charge in [-0.25, -0.2) is 4.98 Å². The molecule has 0 N–H and O–H groups in total. The van der Waals surface area contributed by atoms with Crippen LogP contribution in [0.25, 0.3) is 77.6 Å². The molecule has 0 spiro atoms. The molecule has 0 radical (unpaired) electrons. The van der Waals surface area contributed by atoms with Crippen LogP contribution in [0.4, 0.5) is 17.1 Å².